The summed E-state index contributed by atoms with van der Waals surface area (Å²) in [4.78, 5) is 0. The molecule has 0 saturated carbocycles. The Kier molecular flexibility index (Phi) is 8.36. The Bertz CT molecular complexity index is 3710. The van der Waals surface area contributed by atoms with Gasteiger partial charge in [-0.05, 0) is 143 Å². The van der Waals surface area contributed by atoms with Gasteiger partial charge in [-0.2, -0.15) is 0 Å². The Morgan fingerprint density at radius 2 is 1.02 bits per heavy atom. The predicted molar refractivity (Wildman–Crippen MR) is 288 cm³/mol. The van der Waals surface area contributed by atoms with Crippen molar-refractivity contribution in [2.24, 2.45) is 0 Å². The van der Waals surface area contributed by atoms with Gasteiger partial charge in [0.2, 0.25) is 0 Å². The molecular formula is C63H61BN2. The van der Waals surface area contributed by atoms with E-state index in [1.165, 1.54) is 132 Å². The van der Waals surface area contributed by atoms with E-state index in [2.05, 4.69) is 233 Å². The number of aryl methyl sites for hydroxylation is 1. The van der Waals surface area contributed by atoms with Crippen molar-refractivity contribution in [3.63, 3.8) is 0 Å². The Labute approximate surface area is 391 Å². The molecule has 0 bridgehead atoms. The van der Waals surface area contributed by atoms with E-state index in [1.807, 2.05) is 0 Å². The molecule has 3 heteroatoms. The lowest BCUT2D eigenvalue weighted by atomic mass is 9.45. The smallest absolute Gasteiger partial charge is 0.333 e. The van der Waals surface area contributed by atoms with Crippen LogP contribution in [0.15, 0.2) is 133 Å². The molecule has 8 aromatic carbocycles. The second kappa shape index (κ2) is 13.4. The van der Waals surface area contributed by atoms with Gasteiger partial charge in [0.25, 0.3) is 0 Å². The van der Waals surface area contributed by atoms with E-state index in [9.17, 15) is 0 Å². The van der Waals surface area contributed by atoms with Crippen molar-refractivity contribution in [2.75, 3.05) is 0 Å². The third kappa shape index (κ3) is 5.87. The van der Waals surface area contributed by atoms with Crippen LogP contribution in [-0.2, 0) is 21.7 Å². The molecule has 0 N–H and O–H groups in total. The van der Waals surface area contributed by atoms with Gasteiger partial charge in [0.15, 0.2) is 0 Å². The summed E-state index contributed by atoms with van der Waals surface area (Å²) >= 11 is 0. The maximum atomic E-state index is 2.76. The number of nitrogens with zero attached hydrogens (tertiary/aromatic N) is 2. The molecule has 0 radical (unpaired) electrons. The van der Waals surface area contributed by atoms with E-state index in [1.54, 1.807) is 0 Å². The van der Waals surface area contributed by atoms with Crippen LogP contribution in [0.5, 0.6) is 0 Å². The van der Waals surface area contributed by atoms with E-state index in [-0.39, 0.29) is 28.5 Å². The highest BCUT2D eigenvalue weighted by Gasteiger charge is 2.43. The second-order valence-electron chi connectivity index (χ2n) is 24.0. The van der Waals surface area contributed by atoms with Crippen LogP contribution < -0.4 is 10.9 Å². The summed E-state index contributed by atoms with van der Waals surface area (Å²) in [5.74, 6) is 0. The molecule has 66 heavy (non-hydrogen) atoms. The zero-order valence-electron chi connectivity index (χ0n) is 41.2. The maximum Gasteiger partial charge on any atom is 0.333 e. The summed E-state index contributed by atoms with van der Waals surface area (Å²) in [6.45, 7) is 30.5. The summed E-state index contributed by atoms with van der Waals surface area (Å²) in [7, 11) is 0. The summed E-state index contributed by atoms with van der Waals surface area (Å²) in [5.41, 5.74) is 23.7. The highest BCUT2D eigenvalue weighted by molar-refractivity contribution is 6.90. The van der Waals surface area contributed by atoms with Crippen LogP contribution in [0.4, 0.5) is 0 Å². The zero-order chi connectivity index (χ0) is 46.1. The fourth-order valence-corrected chi connectivity index (χ4v) is 11.6. The maximum absolute atomic E-state index is 2.76. The molecule has 0 unspecified atom stereocenters. The fraction of sp³-hybridized carbons (Fsp3) is 0.270. The number of benzene rings is 8. The average Bonchev–Trinajstić information content (AvgIpc) is 3.78. The predicted octanol–water partition coefficient (Wildman–Crippen LogP) is 15.8. The van der Waals surface area contributed by atoms with Crippen LogP contribution in [0.1, 0.15) is 111 Å². The van der Waals surface area contributed by atoms with E-state index in [4.69, 9.17) is 0 Å². The molecule has 0 saturated heterocycles. The summed E-state index contributed by atoms with van der Waals surface area (Å²) in [6.07, 6.45) is 0. The normalized spacial score (nSPS) is 13.8. The van der Waals surface area contributed by atoms with Gasteiger partial charge in [-0.1, -0.05) is 174 Å². The Morgan fingerprint density at radius 1 is 0.394 bits per heavy atom. The number of fused-ring (bicyclic) bond motifs is 12. The van der Waals surface area contributed by atoms with Gasteiger partial charge in [0.1, 0.15) is 0 Å². The Hall–Kier alpha value is -6.32. The largest absolute Gasteiger partial charge is 0.375 e. The van der Waals surface area contributed by atoms with Crippen LogP contribution in [0.2, 0.25) is 0 Å². The third-order valence-electron chi connectivity index (χ3n) is 15.4. The molecule has 2 aliphatic heterocycles. The molecule has 2 aliphatic rings. The van der Waals surface area contributed by atoms with Crippen molar-refractivity contribution in [1.29, 1.82) is 0 Å². The van der Waals surface area contributed by atoms with Crippen LogP contribution in [0.25, 0.3) is 93.5 Å². The lowest BCUT2D eigenvalue weighted by molar-refractivity contribution is 0.569. The first-order chi connectivity index (χ1) is 31.2. The zero-order valence-corrected chi connectivity index (χ0v) is 41.2. The SMILES string of the molecule is Cc1ccccc1-c1cc2c3c(c1)c1ccc4ccccc4c1n3-c1cc(-c3cc(C(C)(C)C)cc(C(C)(C)C)c3)cc3c1B2n1c2ccc(C(C)(C)C)cc2c2cc(C(C)(C)C)cc-3c21. The number of hydrogen-bond donors (Lipinski definition) is 0. The highest BCUT2D eigenvalue weighted by Crippen LogP contribution is 2.48. The van der Waals surface area contributed by atoms with Crippen LogP contribution in [0, 0.1) is 6.92 Å². The first kappa shape index (κ1) is 41.1. The Balaban J connectivity index is 1.33. The first-order valence-corrected chi connectivity index (χ1v) is 24.2. The number of aromatic nitrogens is 2. The van der Waals surface area contributed by atoms with Crippen molar-refractivity contribution in [3.05, 3.63) is 161 Å². The Morgan fingerprint density at radius 3 is 1.71 bits per heavy atom. The van der Waals surface area contributed by atoms with Crippen molar-refractivity contribution < 1.29 is 0 Å². The standard InChI is InChI=1S/C63H61BN2/c1-36-18-14-16-20-45(36)40-29-50-47-24-22-37-19-15-17-21-46(37)57(47)65-55-31-39(38-26-42(61(5,6)7)32-43(27-38)62(8,9)10)28-49-52-35-44(63(11,12)13)34-51-48-33-41(60(2,3)4)23-25-54(48)66(58(51)52)64(56(49)55)53(30-40)59(50)65/h14-35H,1-13H3. The molecule has 10 aromatic rings. The average molecular weight is 857 g/mol. The third-order valence-corrected chi connectivity index (χ3v) is 15.4. The molecule has 12 rings (SSSR count). The minimum absolute atomic E-state index is 0.00832. The molecule has 0 atom stereocenters. The molecular weight excluding hydrogens is 796 g/mol. The van der Waals surface area contributed by atoms with Crippen LogP contribution in [-0.4, -0.2) is 15.9 Å². The van der Waals surface area contributed by atoms with E-state index < -0.39 is 0 Å². The van der Waals surface area contributed by atoms with Crippen molar-refractivity contribution in [1.82, 2.24) is 9.05 Å². The number of rotatable bonds is 2. The second-order valence-corrected chi connectivity index (χ2v) is 24.0. The van der Waals surface area contributed by atoms with Gasteiger partial charge in [-0.15, -0.1) is 0 Å². The molecule has 4 heterocycles. The molecule has 326 valence electrons. The summed E-state index contributed by atoms with van der Waals surface area (Å²) in [6, 6.07) is 52.8. The van der Waals surface area contributed by atoms with Gasteiger partial charge in [-0.3, -0.25) is 0 Å². The topological polar surface area (TPSA) is 9.86 Å². The van der Waals surface area contributed by atoms with E-state index in [0.29, 0.717) is 0 Å². The van der Waals surface area contributed by atoms with Crippen LogP contribution in [0.3, 0.4) is 0 Å². The van der Waals surface area contributed by atoms with E-state index >= 15 is 0 Å². The van der Waals surface area contributed by atoms with E-state index in [0.717, 1.165) is 0 Å². The van der Waals surface area contributed by atoms with Gasteiger partial charge in [0.05, 0.1) is 11.0 Å². The molecule has 0 amide bonds. The van der Waals surface area contributed by atoms with Gasteiger partial charge >= 0.3 is 6.85 Å². The van der Waals surface area contributed by atoms with Crippen molar-refractivity contribution in [2.45, 2.75) is 112 Å². The lowest BCUT2D eigenvalue weighted by Crippen LogP contribution is -2.55. The molecule has 0 spiro atoms. The quantitative estimate of drug-likeness (QED) is 0.153. The molecule has 2 aromatic heterocycles. The monoisotopic (exact) mass is 856 g/mol. The first-order valence-electron chi connectivity index (χ1n) is 24.2. The summed E-state index contributed by atoms with van der Waals surface area (Å²) in [5, 5.41) is 7.85. The van der Waals surface area contributed by atoms with Crippen LogP contribution >= 0.6 is 0 Å². The summed E-state index contributed by atoms with van der Waals surface area (Å²) < 4.78 is 5.46. The van der Waals surface area contributed by atoms with Crippen molar-refractivity contribution in [3.8, 4) is 39.1 Å². The van der Waals surface area contributed by atoms with Gasteiger partial charge in [0, 0.05) is 49.2 Å². The minimum atomic E-state index is -0.0608. The molecule has 0 fully saturated rings. The lowest BCUT2D eigenvalue weighted by Gasteiger charge is -2.35. The fourth-order valence-electron chi connectivity index (χ4n) is 11.6. The minimum Gasteiger partial charge on any atom is -0.375 e. The number of hydrogen-bond acceptors (Lipinski definition) is 0. The van der Waals surface area contributed by atoms with Gasteiger partial charge in [-0.25, -0.2) is 0 Å². The molecule has 2 nitrogen and oxygen atoms in total. The highest BCUT2D eigenvalue weighted by atomic mass is 15.0. The van der Waals surface area contributed by atoms with Crippen molar-refractivity contribution >= 4 is 72.2 Å². The molecule has 0 aliphatic carbocycles. The van der Waals surface area contributed by atoms with Gasteiger partial charge < -0.3 is 9.05 Å².